The molecule has 0 aliphatic rings. The highest BCUT2D eigenvalue weighted by Gasteiger charge is 2.06. The number of phenols is 2. The molecule has 0 atom stereocenters. The Balaban J connectivity index is 2.18. The summed E-state index contributed by atoms with van der Waals surface area (Å²) >= 11 is 0. The molecule has 1 aromatic heterocycles. The molecule has 0 spiro atoms. The third-order valence-electron chi connectivity index (χ3n) is 2.57. The molecule has 0 aliphatic heterocycles. The summed E-state index contributed by atoms with van der Waals surface area (Å²) in [5.74, 6) is 6.40. The van der Waals surface area contributed by atoms with Gasteiger partial charge in [-0.3, -0.25) is 0 Å². The number of aryl methyl sites for hydroxylation is 2. The van der Waals surface area contributed by atoms with Crippen LogP contribution in [-0.2, 0) is 0 Å². The summed E-state index contributed by atoms with van der Waals surface area (Å²) in [5, 5.41) is 30.4. The van der Waals surface area contributed by atoms with E-state index in [9.17, 15) is 10.2 Å². The van der Waals surface area contributed by atoms with Gasteiger partial charge in [0.25, 0.3) is 5.95 Å². The first-order chi connectivity index (χ1) is 8.99. The second kappa shape index (κ2) is 4.84. The van der Waals surface area contributed by atoms with Gasteiger partial charge in [0, 0.05) is 11.6 Å². The second-order valence-corrected chi connectivity index (χ2v) is 4.01. The molecular weight excluding hydrogens is 248 g/mol. The Kier molecular flexibility index (Phi) is 3.23. The van der Waals surface area contributed by atoms with Gasteiger partial charge in [-0.2, -0.15) is 5.10 Å². The molecule has 0 fully saturated rings. The number of phenolic OH excluding ortho intramolecular Hbond substituents is 2. The molecule has 1 heterocycles. The van der Waals surface area contributed by atoms with Crippen molar-refractivity contribution in [3.8, 4) is 11.5 Å². The third-order valence-corrected chi connectivity index (χ3v) is 2.57. The fraction of sp³-hybridized carbons (Fsp3) is 0.182. The number of nitrogens with two attached hydrogens (primary N) is 1. The van der Waals surface area contributed by atoms with Crippen LogP contribution in [0.2, 0.25) is 0 Å². The number of hydrogen-bond donors (Lipinski definition) is 4. The number of aromatic nitrogens is 3. The summed E-state index contributed by atoms with van der Waals surface area (Å²) in [7, 11) is 0. The van der Waals surface area contributed by atoms with Crippen LogP contribution in [-0.4, -0.2) is 31.3 Å². The summed E-state index contributed by atoms with van der Waals surface area (Å²) in [6.45, 7) is 3.45. The van der Waals surface area contributed by atoms with Gasteiger partial charge in [-0.15, -0.1) is 10.2 Å². The van der Waals surface area contributed by atoms with Crippen LogP contribution in [0.3, 0.4) is 0 Å². The molecule has 2 aromatic rings. The first-order valence-corrected chi connectivity index (χ1v) is 5.48. The lowest BCUT2D eigenvalue weighted by Gasteiger charge is -2.04. The Morgan fingerprint density at radius 2 is 2.05 bits per heavy atom. The lowest BCUT2D eigenvalue weighted by Crippen LogP contribution is -2.13. The van der Waals surface area contributed by atoms with Crippen LogP contribution in [0, 0.1) is 13.8 Å². The van der Waals surface area contributed by atoms with Crippen LogP contribution < -0.4 is 11.3 Å². The Morgan fingerprint density at radius 3 is 2.63 bits per heavy atom. The van der Waals surface area contributed by atoms with Crippen molar-refractivity contribution < 1.29 is 10.2 Å². The first-order valence-electron chi connectivity index (χ1n) is 5.48. The number of rotatable bonds is 3. The van der Waals surface area contributed by atoms with Gasteiger partial charge < -0.3 is 16.1 Å². The van der Waals surface area contributed by atoms with Crippen molar-refractivity contribution in [3.05, 3.63) is 29.1 Å². The Morgan fingerprint density at radius 1 is 1.32 bits per heavy atom. The van der Waals surface area contributed by atoms with Crippen LogP contribution in [0.4, 0.5) is 5.95 Å². The highest BCUT2D eigenvalue weighted by molar-refractivity contribution is 5.86. The van der Waals surface area contributed by atoms with E-state index in [0.717, 1.165) is 0 Å². The lowest BCUT2D eigenvalue weighted by molar-refractivity contribution is 0.449. The van der Waals surface area contributed by atoms with E-state index in [0.29, 0.717) is 17.0 Å². The molecule has 0 bridgehead atoms. The summed E-state index contributed by atoms with van der Waals surface area (Å²) in [6, 6.07) is 2.76. The molecule has 2 rings (SSSR count). The van der Waals surface area contributed by atoms with E-state index in [1.165, 1.54) is 23.0 Å². The van der Waals surface area contributed by atoms with Gasteiger partial charge in [0.1, 0.15) is 11.5 Å². The van der Waals surface area contributed by atoms with Crippen molar-refractivity contribution in [3.63, 3.8) is 0 Å². The zero-order valence-electron chi connectivity index (χ0n) is 10.5. The molecule has 8 nitrogen and oxygen atoms in total. The number of benzene rings is 1. The minimum Gasteiger partial charge on any atom is -0.508 e. The SMILES string of the molecule is Cc1cc(O)cc(O)c1/C=N/Nc1nnc(C)n1N. The standard InChI is InChI=1S/C11H14N6O2/c1-6-3-8(18)4-10(19)9(6)5-13-15-11-16-14-7(2)17(11)12/h3-5,18-19H,12H2,1-2H3,(H,15,16)/b13-5+. The number of aromatic hydroxyl groups is 2. The summed E-state index contributed by atoms with van der Waals surface area (Å²) in [6.07, 6.45) is 1.41. The molecule has 8 heteroatoms. The number of anilines is 1. The maximum absolute atomic E-state index is 9.69. The molecule has 0 saturated carbocycles. The van der Waals surface area contributed by atoms with Crippen LogP contribution >= 0.6 is 0 Å². The lowest BCUT2D eigenvalue weighted by atomic mass is 10.1. The van der Waals surface area contributed by atoms with E-state index in [1.54, 1.807) is 13.8 Å². The Bertz CT molecular complexity index is 611. The molecule has 5 N–H and O–H groups in total. The Labute approximate surface area is 109 Å². The zero-order valence-corrected chi connectivity index (χ0v) is 10.5. The summed E-state index contributed by atoms with van der Waals surface area (Å²) < 4.78 is 1.25. The fourth-order valence-corrected chi connectivity index (χ4v) is 1.53. The maximum atomic E-state index is 9.69. The highest BCUT2D eigenvalue weighted by atomic mass is 16.3. The molecular formula is C11H14N6O2. The van der Waals surface area contributed by atoms with Gasteiger partial charge in [0.2, 0.25) is 0 Å². The molecule has 100 valence electrons. The molecule has 0 aliphatic carbocycles. The fourth-order valence-electron chi connectivity index (χ4n) is 1.53. The smallest absolute Gasteiger partial charge is 0.263 e. The van der Waals surface area contributed by atoms with Gasteiger partial charge in [-0.1, -0.05) is 0 Å². The maximum Gasteiger partial charge on any atom is 0.263 e. The average molecular weight is 262 g/mol. The van der Waals surface area contributed by atoms with Gasteiger partial charge in [-0.25, -0.2) is 10.1 Å². The van der Waals surface area contributed by atoms with E-state index in [4.69, 9.17) is 5.84 Å². The highest BCUT2D eigenvalue weighted by Crippen LogP contribution is 2.25. The predicted molar refractivity (Wildman–Crippen MR) is 70.6 cm³/mol. The van der Waals surface area contributed by atoms with Crippen molar-refractivity contribution in [1.82, 2.24) is 14.9 Å². The van der Waals surface area contributed by atoms with Crippen molar-refractivity contribution >= 4 is 12.2 Å². The van der Waals surface area contributed by atoms with Crippen LogP contribution in [0.25, 0.3) is 0 Å². The minimum absolute atomic E-state index is 0.00237. The number of nitrogens with zero attached hydrogens (tertiary/aromatic N) is 4. The largest absolute Gasteiger partial charge is 0.508 e. The molecule has 0 unspecified atom stereocenters. The van der Waals surface area contributed by atoms with E-state index in [-0.39, 0.29) is 17.4 Å². The van der Waals surface area contributed by atoms with Crippen molar-refractivity contribution in [2.45, 2.75) is 13.8 Å². The zero-order chi connectivity index (χ0) is 14.0. The molecule has 19 heavy (non-hydrogen) atoms. The van der Waals surface area contributed by atoms with Gasteiger partial charge in [-0.05, 0) is 25.5 Å². The Hall–Kier alpha value is -2.77. The van der Waals surface area contributed by atoms with E-state index >= 15 is 0 Å². The number of hydrogen-bond acceptors (Lipinski definition) is 7. The molecule has 0 amide bonds. The number of nitrogens with one attached hydrogen (secondary N) is 1. The van der Waals surface area contributed by atoms with Crippen molar-refractivity contribution in [2.75, 3.05) is 11.3 Å². The van der Waals surface area contributed by atoms with E-state index < -0.39 is 0 Å². The third kappa shape index (κ3) is 2.57. The second-order valence-electron chi connectivity index (χ2n) is 4.01. The normalized spacial score (nSPS) is 11.1. The van der Waals surface area contributed by atoms with Crippen LogP contribution in [0.1, 0.15) is 17.0 Å². The summed E-state index contributed by atoms with van der Waals surface area (Å²) in [4.78, 5) is 0. The van der Waals surface area contributed by atoms with Crippen molar-refractivity contribution in [1.29, 1.82) is 0 Å². The van der Waals surface area contributed by atoms with Crippen LogP contribution in [0.5, 0.6) is 11.5 Å². The van der Waals surface area contributed by atoms with E-state index in [1.807, 2.05) is 0 Å². The van der Waals surface area contributed by atoms with Crippen LogP contribution in [0.15, 0.2) is 17.2 Å². The van der Waals surface area contributed by atoms with Gasteiger partial charge in [0.15, 0.2) is 5.82 Å². The first kappa shape index (κ1) is 12.7. The van der Waals surface area contributed by atoms with Gasteiger partial charge in [0.05, 0.1) is 6.21 Å². The molecule has 1 aromatic carbocycles. The predicted octanol–water partition coefficient (Wildman–Crippen LogP) is 0.466. The molecule has 0 radical (unpaired) electrons. The summed E-state index contributed by atoms with van der Waals surface area (Å²) in [5.41, 5.74) is 3.79. The number of nitrogen functional groups attached to an aromatic ring is 1. The van der Waals surface area contributed by atoms with Crippen molar-refractivity contribution in [2.24, 2.45) is 5.10 Å². The minimum atomic E-state index is -0.0616. The average Bonchev–Trinajstić information content (AvgIpc) is 2.64. The topological polar surface area (TPSA) is 122 Å². The number of hydrazone groups is 1. The van der Waals surface area contributed by atoms with Gasteiger partial charge >= 0.3 is 0 Å². The quantitative estimate of drug-likeness (QED) is 0.362. The monoisotopic (exact) mass is 262 g/mol. The molecule has 0 saturated heterocycles. The van der Waals surface area contributed by atoms with E-state index in [2.05, 4.69) is 20.7 Å².